The highest BCUT2D eigenvalue weighted by Gasteiger charge is 2.15. The monoisotopic (exact) mass is 223 g/mol. The molecule has 0 unspecified atom stereocenters. The fourth-order valence-electron chi connectivity index (χ4n) is 0.997. The molecule has 1 heterocycles. The molecule has 0 spiro atoms. The van der Waals surface area contributed by atoms with Gasteiger partial charge in [0.2, 0.25) is 0 Å². The molecule has 0 aliphatic rings. The fraction of sp³-hybridized carbons (Fsp3) is 0.375. The number of aliphatic hydroxyl groups excluding tert-OH is 1. The maximum absolute atomic E-state index is 12.3. The molecule has 0 bridgehead atoms. The van der Waals surface area contributed by atoms with Crippen LogP contribution in [-0.4, -0.2) is 15.2 Å². The summed E-state index contributed by atoms with van der Waals surface area (Å²) in [7, 11) is 0. The van der Waals surface area contributed by atoms with Crippen molar-refractivity contribution in [3.8, 4) is 5.75 Å². The van der Waals surface area contributed by atoms with E-state index in [-0.39, 0.29) is 22.9 Å². The van der Waals surface area contributed by atoms with Crippen LogP contribution in [0.15, 0.2) is 6.07 Å². The van der Waals surface area contributed by atoms with Crippen molar-refractivity contribution in [1.82, 2.24) is 4.98 Å². The summed E-state index contributed by atoms with van der Waals surface area (Å²) < 4.78 is 24.5. The Kier molecular flexibility index (Phi) is 3.60. The third kappa shape index (κ3) is 2.10. The summed E-state index contributed by atoms with van der Waals surface area (Å²) in [6.07, 6.45) is -2.75. The molecule has 0 fully saturated rings. The normalized spacial score (nSPS) is 10.9. The number of alkyl halides is 3. The molecule has 2 N–H and O–H groups in total. The first-order valence-electron chi connectivity index (χ1n) is 3.76. The standard InChI is InChI=1S/C8H8ClF2NO2/c9-2-4-1-5(8(10)11)12-6(3-13)7(4)14/h1,8,13-14H,2-3H2. The number of aliphatic hydroxyl groups is 1. The van der Waals surface area contributed by atoms with Crippen LogP contribution < -0.4 is 0 Å². The van der Waals surface area contributed by atoms with E-state index >= 15 is 0 Å². The molecule has 0 aliphatic carbocycles. The molecule has 0 aliphatic heterocycles. The minimum absolute atomic E-state index is 0.110. The second-order valence-corrected chi connectivity index (χ2v) is 2.86. The fourth-order valence-corrected chi connectivity index (χ4v) is 1.20. The maximum atomic E-state index is 12.3. The Morgan fingerprint density at radius 2 is 2.14 bits per heavy atom. The van der Waals surface area contributed by atoms with Crippen molar-refractivity contribution in [2.75, 3.05) is 0 Å². The molecule has 78 valence electrons. The lowest BCUT2D eigenvalue weighted by molar-refractivity contribution is 0.144. The van der Waals surface area contributed by atoms with Gasteiger partial charge in [-0.05, 0) is 6.07 Å². The Morgan fingerprint density at radius 1 is 1.50 bits per heavy atom. The Hall–Kier alpha value is -0.940. The van der Waals surface area contributed by atoms with E-state index in [1.54, 1.807) is 0 Å². The van der Waals surface area contributed by atoms with Crippen LogP contribution in [-0.2, 0) is 12.5 Å². The highest BCUT2D eigenvalue weighted by molar-refractivity contribution is 6.17. The van der Waals surface area contributed by atoms with Gasteiger partial charge in [-0.3, -0.25) is 0 Å². The number of nitrogens with zero attached hydrogens (tertiary/aromatic N) is 1. The molecule has 1 aromatic heterocycles. The van der Waals surface area contributed by atoms with E-state index in [0.29, 0.717) is 0 Å². The van der Waals surface area contributed by atoms with Crippen LogP contribution in [0.1, 0.15) is 23.4 Å². The van der Waals surface area contributed by atoms with Gasteiger partial charge in [-0.25, -0.2) is 13.8 Å². The zero-order chi connectivity index (χ0) is 10.7. The number of aromatic nitrogens is 1. The topological polar surface area (TPSA) is 53.4 Å². The van der Waals surface area contributed by atoms with E-state index in [1.165, 1.54) is 0 Å². The van der Waals surface area contributed by atoms with Gasteiger partial charge in [0.15, 0.2) is 0 Å². The Labute approximate surface area is 84.0 Å². The zero-order valence-electron chi connectivity index (χ0n) is 7.04. The van der Waals surface area contributed by atoms with Gasteiger partial charge in [-0.15, -0.1) is 11.6 Å². The summed E-state index contributed by atoms with van der Waals surface area (Å²) in [6, 6.07) is 1.02. The molecule has 3 nitrogen and oxygen atoms in total. The molecule has 0 saturated carbocycles. The number of hydrogen-bond donors (Lipinski definition) is 2. The smallest absolute Gasteiger partial charge is 0.280 e. The number of pyridine rings is 1. The molecule has 14 heavy (non-hydrogen) atoms. The highest BCUT2D eigenvalue weighted by atomic mass is 35.5. The quantitative estimate of drug-likeness (QED) is 0.771. The van der Waals surface area contributed by atoms with Crippen LogP contribution in [0.5, 0.6) is 5.75 Å². The van der Waals surface area contributed by atoms with Gasteiger partial charge in [-0.2, -0.15) is 0 Å². The predicted octanol–water partition coefficient (Wildman–Crippen LogP) is 1.96. The largest absolute Gasteiger partial charge is 0.506 e. The number of aromatic hydroxyl groups is 1. The van der Waals surface area contributed by atoms with E-state index in [0.717, 1.165) is 6.07 Å². The zero-order valence-corrected chi connectivity index (χ0v) is 7.80. The number of halogens is 3. The highest BCUT2D eigenvalue weighted by Crippen LogP contribution is 2.27. The van der Waals surface area contributed by atoms with Gasteiger partial charge in [0.05, 0.1) is 12.5 Å². The van der Waals surface area contributed by atoms with E-state index in [9.17, 15) is 13.9 Å². The molecule has 0 saturated heterocycles. The van der Waals surface area contributed by atoms with Crippen molar-refractivity contribution in [2.24, 2.45) is 0 Å². The molecule has 0 atom stereocenters. The van der Waals surface area contributed by atoms with Crippen molar-refractivity contribution in [3.05, 3.63) is 23.0 Å². The van der Waals surface area contributed by atoms with Crippen molar-refractivity contribution in [1.29, 1.82) is 0 Å². The molecule has 1 aromatic rings. The van der Waals surface area contributed by atoms with E-state index in [2.05, 4.69) is 4.98 Å². The molecule has 0 aromatic carbocycles. The third-order valence-corrected chi connectivity index (χ3v) is 1.97. The molecule has 6 heteroatoms. The van der Waals surface area contributed by atoms with Crippen molar-refractivity contribution in [3.63, 3.8) is 0 Å². The minimum Gasteiger partial charge on any atom is -0.506 e. The van der Waals surface area contributed by atoms with Gasteiger partial charge in [0.1, 0.15) is 17.1 Å². The van der Waals surface area contributed by atoms with Gasteiger partial charge in [-0.1, -0.05) is 0 Å². The first-order valence-corrected chi connectivity index (χ1v) is 4.30. The average molecular weight is 224 g/mol. The summed E-state index contributed by atoms with van der Waals surface area (Å²) in [5.41, 5.74) is -0.540. The van der Waals surface area contributed by atoms with Crippen molar-refractivity contribution < 1.29 is 19.0 Å². The lowest BCUT2D eigenvalue weighted by atomic mass is 10.2. The second-order valence-electron chi connectivity index (χ2n) is 2.59. The lowest BCUT2D eigenvalue weighted by Crippen LogP contribution is -1.99. The van der Waals surface area contributed by atoms with Crippen LogP contribution in [0.25, 0.3) is 0 Å². The van der Waals surface area contributed by atoms with Crippen LogP contribution >= 0.6 is 11.6 Å². The van der Waals surface area contributed by atoms with Crippen LogP contribution in [0.2, 0.25) is 0 Å². The summed E-state index contributed by atoms with van der Waals surface area (Å²) in [6.45, 7) is -0.601. The molecule has 1 rings (SSSR count). The summed E-state index contributed by atoms with van der Waals surface area (Å²) in [5.74, 6) is -0.437. The summed E-state index contributed by atoms with van der Waals surface area (Å²) >= 11 is 5.42. The molecular formula is C8H8ClF2NO2. The Morgan fingerprint density at radius 3 is 2.57 bits per heavy atom. The number of hydrogen-bond acceptors (Lipinski definition) is 3. The van der Waals surface area contributed by atoms with Crippen LogP contribution in [0, 0.1) is 0 Å². The van der Waals surface area contributed by atoms with Gasteiger partial charge in [0.25, 0.3) is 6.43 Å². The SMILES string of the molecule is OCc1nc(C(F)F)cc(CCl)c1O. The van der Waals surface area contributed by atoms with Crippen LogP contribution in [0.4, 0.5) is 8.78 Å². The lowest BCUT2D eigenvalue weighted by Gasteiger charge is -2.08. The predicted molar refractivity (Wildman–Crippen MR) is 46.3 cm³/mol. The first kappa shape index (κ1) is 11.1. The van der Waals surface area contributed by atoms with Crippen molar-refractivity contribution in [2.45, 2.75) is 18.9 Å². The molecule has 0 amide bonds. The Bertz CT molecular complexity index is 308. The van der Waals surface area contributed by atoms with Gasteiger partial charge < -0.3 is 10.2 Å². The summed E-state index contributed by atoms with van der Waals surface area (Å²) in [4.78, 5) is 3.39. The average Bonchev–Trinajstić information content (AvgIpc) is 2.17. The van der Waals surface area contributed by atoms with E-state index in [4.69, 9.17) is 16.7 Å². The van der Waals surface area contributed by atoms with Gasteiger partial charge >= 0.3 is 0 Å². The van der Waals surface area contributed by atoms with E-state index < -0.39 is 18.7 Å². The van der Waals surface area contributed by atoms with Crippen LogP contribution in [0.3, 0.4) is 0 Å². The second kappa shape index (κ2) is 4.52. The minimum atomic E-state index is -2.75. The molecular weight excluding hydrogens is 216 g/mol. The van der Waals surface area contributed by atoms with Crippen molar-refractivity contribution >= 4 is 11.6 Å². The van der Waals surface area contributed by atoms with E-state index in [1.807, 2.05) is 0 Å². The molecule has 0 radical (unpaired) electrons. The summed E-state index contributed by atoms with van der Waals surface area (Å²) in [5, 5.41) is 18.1. The Balaban J connectivity index is 3.25. The third-order valence-electron chi connectivity index (χ3n) is 1.68. The maximum Gasteiger partial charge on any atom is 0.280 e. The number of rotatable bonds is 3. The van der Waals surface area contributed by atoms with Gasteiger partial charge in [0, 0.05) is 5.56 Å². The first-order chi connectivity index (χ1) is 6.60.